The SMILES string of the molecule is Nc1nc2[nH+]cnc(Br)c2[nH]1. The average Bonchev–Trinajstić information content (AvgIpc) is 2.31. The zero-order valence-corrected chi connectivity index (χ0v) is 7.01. The first-order valence-electron chi connectivity index (χ1n) is 2.95. The highest BCUT2D eigenvalue weighted by Gasteiger charge is 2.10. The molecule has 0 radical (unpaired) electrons. The van der Waals surface area contributed by atoms with Crippen LogP contribution in [0, 0.1) is 0 Å². The number of aromatic amines is 2. The molecule has 2 rings (SSSR count). The van der Waals surface area contributed by atoms with Crippen molar-refractivity contribution in [2.24, 2.45) is 0 Å². The fourth-order valence-corrected chi connectivity index (χ4v) is 1.25. The van der Waals surface area contributed by atoms with E-state index < -0.39 is 0 Å². The molecule has 4 N–H and O–H groups in total. The molecule has 0 saturated heterocycles. The lowest BCUT2D eigenvalue weighted by Gasteiger charge is -1.80. The second-order valence-electron chi connectivity index (χ2n) is 2.04. The normalized spacial score (nSPS) is 10.6. The summed E-state index contributed by atoms with van der Waals surface area (Å²) in [7, 11) is 0. The highest BCUT2D eigenvalue weighted by molar-refractivity contribution is 9.10. The highest BCUT2D eigenvalue weighted by Crippen LogP contribution is 2.15. The van der Waals surface area contributed by atoms with E-state index >= 15 is 0 Å². The standard InChI is InChI=1S/C5H4BrN5/c6-3-2-4(9-1-8-3)11-5(7)10-2/h1H,(H3,7,8,9,10,11)/p+1. The first-order chi connectivity index (χ1) is 5.27. The summed E-state index contributed by atoms with van der Waals surface area (Å²) in [6.45, 7) is 0. The zero-order valence-electron chi connectivity index (χ0n) is 5.43. The van der Waals surface area contributed by atoms with Crippen molar-refractivity contribution >= 4 is 33.0 Å². The fourth-order valence-electron chi connectivity index (χ4n) is 0.860. The lowest BCUT2D eigenvalue weighted by Crippen LogP contribution is -2.04. The number of nitrogens with one attached hydrogen (secondary N) is 2. The smallest absolute Gasteiger partial charge is 0.292 e. The number of nitrogens with zero attached hydrogens (tertiary/aromatic N) is 2. The molecule has 2 heterocycles. The van der Waals surface area contributed by atoms with Crippen molar-refractivity contribution < 1.29 is 4.98 Å². The molecule has 11 heavy (non-hydrogen) atoms. The van der Waals surface area contributed by atoms with Crippen molar-refractivity contribution in [3.05, 3.63) is 10.9 Å². The maximum absolute atomic E-state index is 5.42. The summed E-state index contributed by atoms with van der Waals surface area (Å²) in [6, 6.07) is 0. The fraction of sp³-hybridized carbons (Fsp3) is 0. The van der Waals surface area contributed by atoms with E-state index in [4.69, 9.17) is 5.73 Å². The minimum atomic E-state index is 0.380. The van der Waals surface area contributed by atoms with Crippen LogP contribution < -0.4 is 10.7 Å². The van der Waals surface area contributed by atoms with Gasteiger partial charge in [0.05, 0.1) is 0 Å². The number of hydrogen-bond donors (Lipinski definition) is 2. The maximum atomic E-state index is 5.42. The molecule has 56 valence electrons. The van der Waals surface area contributed by atoms with E-state index in [1.165, 1.54) is 0 Å². The Morgan fingerprint density at radius 2 is 2.45 bits per heavy atom. The summed E-state index contributed by atoms with van der Waals surface area (Å²) < 4.78 is 0.704. The van der Waals surface area contributed by atoms with E-state index in [1.54, 1.807) is 6.33 Å². The minimum Gasteiger partial charge on any atom is -0.355 e. The number of nitrogen functional groups attached to an aromatic ring is 1. The molecule has 0 amide bonds. The largest absolute Gasteiger partial charge is 0.355 e. The van der Waals surface area contributed by atoms with Gasteiger partial charge in [0, 0.05) is 0 Å². The summed E-state index contributed by atoms with van der Waals surface area (Å²) in [5.41, 5.74) is 6.91. The lowest BCUT2D eigenvalue weighted by molar-refractivity contribution is -0.352. The second kappa shape index (κ2) is 2.16. The van der Waals surface area contributed by atoms with Crippen LogP contribution in [0.25, 0.3) is 11.2 Å². The van der Waals surface area contributed by atoms with Gasteiger partial charge in [-0.1, -0.05) is 4.98 Å². The Balaban J connectivity index is 2.90. The third kappa shape index (κ3) is 0.949. The first kappa shape index (κ1) is 6.53. The van der Waals surface area contributed by atoms with Crippen LogP contribution in [0.3, 0.4) is 0 Å². The van der Waals surface area contributed by atoms with Crippen LogP contribution in [0.15, 0.2) is 10.9 Å². The van der Waals surface area contributed by atoms with Crippen molar-refractivity contribution in [1.29, 1.82) is 0 Å². The number of imidazole rings is 1. The second-order valence-corrected chi connectivity index (χ2v) is 2.79. The Labute approximate surface area is 70.2 Å². The van der Waals surface area contributed by atoms with E-state index in [9.17, 15) is 0 Å². The van der Waals surface area contributed by atoms with Gasteiger partial charge in [0.15, 0.2) is 5.52 Å². The molecular formula is C5H5BrN5+. The summed E-state index contributed by atoms with van der Waals surface area (Å²) in [6.07, 6.45) is 1.55. The van der Waals surface area contributed by atoms with Gasteiger partial charge in [-0.2, -0.15) is 0 Å². The molecular weight excluding hydrogens is 210 g/mol. The van der Waals surface area contributed by atoms with Gasteiger partial charge < -0.3 is 10.7 Å². The van der Waals surface area contributed by atoms with Crippen molar-refractivity contribution in [3.63, 3.8) is 0 Å². The summed E-state index contributed by atoms with van der Waals surface area (Å²) >= 11 is 3.25. The third-order valence-corrected chi connectivity index (χ3v) is 1.91. The molecule has 0 aliphatic heterocycles. The molecule has 0 spiro atoms. The number of rotatable bonds is 0. The van der Waals surface area contributed by atoms with Gasteiger partial charge in [-0.15, -0.1) is 4.98 Å². The molecule has 2 aromatic rings. The van der Waals surface area contributed by atoms with Crippen molar-refractivity contribution in [2.45, 2.75) is 0 Å². The third-order valence-electron chi connectivity index (χ3n) is 1.31. The summed E-state index contributed by atoms with van der Waals surface area (Å²) in [5.74, 6) is 0.380. The van der Waals surface area contributed by atoms with Gasteiger partial charge in [0.2, 0.25) is 10.9 Å². The quantitative estimate of drug-likeness (QED) is 0.612. The predicted octanol–water partition coefficient (Wildman–Crippen LogP) is 0.117. The molecule has 0 fully saturated rings. The molecule has 0 unspecified atom stereocenters. The minimum absolute atomic E-state index is 0.380. The van der Waals surface area contributed by atoms with Crippen LogP contribution in [0.2, 0.25) is 0 Å². The zero-order chi connectivity index (χ0) is 7.84. The van der Waals surface area contributed by atoms with Crippen LogP contribution in [0.4, 0.5) is 5.95 Å². The van der Waals surface area contributed by atoms with Crippen LogP contribution in [-0.2, 0) is 0 Å². The van der Waals surface area contributed by atoms with Gasteiger partial charge >= 0.3 is 0 Å². The van der Waals surface area contributed by atoms with Gasteiger partial charge in [-0.3, -0.25) is 0 Å². The van der Waals surface area contributed by atoms with E-state index in [0.29, 0.717) is 16.2 Å². The lowest BCUT2D eigenvalue weighted by atomic mass is 10.6. The van der Waals surface area contributed by atoms with Gasteiger partial charge in [-0.25, -0.2) is 4.98 Å². The Morgan fingerprint density at radius 1 is 1.64 bits per heavy atom. The van der Waals surface area contributed by atoms with E-state index in [0.717, 1.165) is 5.52 Å². The van der Waals surface area contributed by atoms with Crippen LogP contribution in [0.5, 0.6) is 0 Å². The molecule has 5 nitrogen and oxygen atoms in total. The molecule has 0 aromatic carbocycles. The van der Waals surface area contributed by atoms with Crippen LogP contribution in [-0.4, -0.2) is 15.0 Å². The number of H-pyrrole nitrogens is 2. The molecule has 0 bridgehead atoms. The molecule has 2 aromatic heterocycles. The van der Waals surface area contributed by atoms with E-state index in [1.807, 2.05) is 0 Å². The number of nitrogens with two attached hydrogens (primary N) is 1. The van der Waals surface area contributed by atoms with Crippen LogP contribution >= 0.6 is 15.9 Å². The van der Waals surface area contributed by atoms with Gasteiger partial charge in [0.25, 0.3) is 11.6 Å². The highest BCUT2D eigenvalue weighted by atomic mass is 79.9. The monoisotopic (exact) mass is 214 g/mol. The molecule has 0 aliphatic carbocycles. The van der Waals surface area contributed by atoms with E-state index in [2.05, 4.69) is 35.9 Å². The number of halogens is 1. The number of aromatic nitrogens is 4. The Hall–Kier alpha value is -1.17. The number of anilines is 1. The summed E-state index contributed by atoms with van der Waals surface area (Å²) in [5, 5.41) is 0. The molecule has 0 atom stereocenters. The van der Waals surface area contributed by atoms with Crippen molar-refractivity contribution in [2.75, 3.05) is 5.73 Å². The predicted molar refractivity (Wildman–Crippen MR) is 42.6 cm³/mol. The van der Waals surface area contributed by atoms with Gasteiger partial charge in [-0.05, 0) is 15.9 Å². The topological polar surface area (TPSA) is 81.7 Å². The van der Waals surface area contributed by atoms with Gasteiger partial charge in [0.1, 0.15) is 0 Å². The molecule has 0 saturated carbocycles. The van der Waals surface area contributed by atoms with Crippen LogP contribution in [0.1, 0.15) is 0 Å². The molecule has 6 heteroatoms. The number of hydrogen-bond acceptors (Lipinski definition) is 3. The average molecular weight is 215 g/mol. The Morgan fingerprint density at radius 3 is 3.18 bits per heavy atom. The maximum Gasteiger partial charge on any atom is 0.292 e. The van der Waals surface area contributed by atoms with Crippen molar-refractivity contribution in [1.82, 2.24) is 15.0 Å². The van der Waals surface area contributed by atoms with E-state index in [-0.39, 0.29) is 0 Å². The Bertz CT molecular complexity index is 395. The molecule has 0 aliphatic rings. The first-order valence-corrected chi connectivity index (χ1v) is 3.74. The number of fused-ring (bicyclic) bond motifs is 1. The summed E-state index contributed by atoms with van der Waals surface area (Å²) in [4.78, 5) is 13.6. The van der Waals surface area contributed by atoms with Crippen molar-refractivity contribution in [3.8, 4) is 0 Å². The Kier molecular flexibility index (Phi) is 1.28.